The van der Waals surface area contributed by atoms with E-state index in [4.69, 9.17) is 21.1 Å². The quantitative estimate of drug-likeness (QED) is 0.655. The van der Waals surface area contributed by atoms with E-state index in [-0.39, 0.29) is 6.04 Å². The lowest BCUT2D eigenvalue weighted by Gasteiger charge is -2.24. The lowest BCUT2D eigenvalue weighted by Crippen LogP contribution is -2.18. The molecule has 0 aliphatic carbocycles. The molecule has 0 saturated carbocycles. The van der Waals surface area contributed by atoms with Crippen LogP contribution in [0.3, 0.4) is 0 Å². The van der Waals surface area contributed by atoms with Gasteiger partial charge < -0.3 is 4.42 Å². The zero-order chi connectivity index (χ0) is 15.6. The molecule has 0 radical (unpaired) electrons. The van der Waals surface area contributed by atoms with E-state index in [1.165, 1.54) is 5.56 Å². The van der Waals surface area contributed by atoms with Crippen LogP contribution in [0.25, 0.3) is 0 Å². The third-order valence-electron chi connectivity index (χ3n) is 3.99. The van der Waals surface area contributed by atoms with Gasteiger partial charge in [0.2, 0.25) is 0 Å². The maximum Gasteiger partial charge on any atom is 0.149 e. The minimum atomic E-state index is 0.150. The van der Waals surface area contributed by atoms with Crippen molar-refractivity contribution in [3.05, 3.63) is 89.3 Å². The summed E-state index contributed by atoms with van der Waals surface area (Å²) >= 11 is 6.01. The number of hydrazone groups is 1. The van der Waals surface area contributed by atoms with Gasteiger partial charge in [0.25, 0.3) is 0 Å². The SMILES string of the molecule is Clc1ccc(N2N=C(c3ccco3)C[C@H]2c2ccccc2)cc1. The molecule has 0 amide bonds. The van der Waals surface area contributed by atoms with Crippen LogP contribution in [0.4, 0.5) is 5.69 Å². The third kappa shape index (κ3) is 2.76. The molecule has 0 fully saturated rings. The van der Waals surface area contributed by atoms with Gasteiger partial charge in [-0.05, 0) is 42.0 Å². The molecule has 0 spiro atoms. The molecule has 1 aromatic heterocycles. The fourth-order valence-electron chi connectivity index (χ4n) is 2.87. The lowest BCUT2D eigenvalue weighted by molar-refractivity contribution is 0.556. The van der Waals surface area contributed by atoms with Gasteiger partial charge in [-0.25, -0.2) is 0 Å². The van der Waals surface area contributed by atoms with E-state index in [1.807, 2.05) is 47.5 Å². The predicted molar refractivity (Wildman–Crippen MR) is 93.0 cm³/mol. The molecule has 2 heterocycles. The molecule has 0 saturated heterocycles. The number of halogens is 1. The second-order valence-electron chi connectivity index (χ2n) is 5.48. The average Bonchev–Trinajstić information content (AvgIpc) is 3.26. The third-order valence-corrected chi connectivity index (χ3v) is 4.24. The monoisotopic (exact) mass is 322 g/mol. The Hall–Kier alpha value is -2.52. The molecule has 3 nitrogen and oxygen atoms in total. The molecular weight excluding hydrogens is 308 g/mol. The molecule has 4 rings (SSSR count). The molecule has 1 aliphatic rings. The second-order valence-corrected chi connectivity index (χ2v) is 5.91. The van der Waals surface area contributed by atoms with E-state index < -0.39 is 0 Å². The van der Waals surface area contributed by atoms with Crippen LogP contribution in [0.15, 0.2) is 82.5 Å². The Morgan fingerprint density at radius 1 is 0.957 bits per heavy atom. The Bertz CT molecular complexity index is 810. The number of hydrogen-bond donors (Lipinski definition) is 0. The van der Waals surface area contributed by atoms with E-state index in [1.54, 1.807) is 6.26 Å². The smallest absolute Gasteiger partial charge is 0.149 e. The standard InChI is InChI=1S/C19H15ClN2O/c20-15-8-10-16(11-9-15)22-18(14-5-2-1-3-6-14)13-17(21-22)19-7-4-12-23-19/h1-12,18H,13H2/t18-/m0/s1. The number of furan rings is 1. The van der Waals surface area contributed by atoms with Crippen LogP contribution < -0.4 is 5.01 Å². The Morgan fingerprint density at radius 2 is 1.74 bits per heavy atom. The van der Waals surface area contributed by atoms with Crippen molar-refractivity contribution in [2.24, 2.45) is 5.10 Å². The molecule has 2 aromatic carbocycles. The van der Waals surface area contributed by atoms with Crippen LogP contribution >= 0.6 is 11.6 Å². The normalized spacial score (nSPS) is 17.3. The van der Waals surface area contributed by atoms with E-state index in [0.717, 1.165) is 28.6 Å². The van der Waals surface area contributed by atoms with Crippen molar-refractivity contribution >= 4 is 23.0 Å². The predicted octanol–water partition coefficient (Wildman–Crippen LogP) is 5.29. The first-order valence-electron chi connectivity index (χ1n) is 7.52. The van der Waals surface area contributed by atoms with E-state index >= 15 is 0 Å². The van der Waals surface area contributed by atoms with Crippen LogP contribution in [0, 0.1) is 0 Å². The summed E-state index contributed by atoms with van der Waals surface area (Å²) < 4.78 is 5.53. The van der Waals surface area contributed by atoms with Gasteiger partial charge in [-0.3, -0.25) is 5.01 Å². The summed E-state index contributed by atoms with van der Waals surface area (Å²) in [5, 5.41) is 7.57. The highest BCUT2D eigenvalue weighted by Crippen LogP contribution is 2.36. The number of hydrogen-bond acceptors (Lipinski definition) is 3. The van der Waals surface area contributed by atoms with Gasteiger partial charge in [0.15, 0.2) is 0 Å². The van der Waals surface area contributed by atoms with Gasteiger partial charge in [-0.1, -0.05) is 41.9 Å². The zero-order valence-electron chi connectivity index (χ0n) is 12.4. The maximum atomic E-state index is 6.01. The Labute approximate surface area is 139 Å². The molecule has 0 unspecified atom stereocenters. The Balaban J connectivity index is 1.75. The molecule has 4 heteroatoms. The molecule has 23 heavy (non-hydrogen) atoms. The van der Waals surface area contributed by atoms with Crippen LogP contribution in [-0.2, 0) is 0 Å². The van der Waals surface area contributed by atoms with Gasteiger partial charge in [-0.2, -0.15) is 5.10 Å². The van der Waals surface area contributed by atoms with Gasteiger partial charge in [-0.15, -0.1) is 0 Å². The average molecular weight is 323 g/mol. The first kappa shape index (κ1) is 14.1. The topological polar surface area (TPSA) is 28.7 Å². The fraction of sp³-hybridized carbons (Fsp3) is 0.105. The van der Waals surface area contributed by atoms with Crippen molar-refractivity contribution in [2.45, 2.75) is 12.5 Å². The molecular formula is C19H15ClN2O. The fourth-order valence-corrected chi connectivity index (χ4v) is 2.99. The molecule has 114 valence electrons. The highest BCUT2D eigenvalue weighted by molar-refractivity contribution is 6.30. The van der Waals surface area contributed by atoms with Crippen molar-refractivity contribution in [3.63, 3.8) is 0 Å². The zero-order valence-corrected chi connectivity index (χ0v) is 13.1. The van der Waals surface area contributed by atoms with Gasteiger partial charge >= 0.3 is 0 Å². The minimum absolute atomic E-state index is 0.150. The number of anilines is 1. The first-order valence-corrected chi connectivity index (χ1v) is 7.90. The second kappa shape index (κ2) is 5.94. The van der Waals surface area contributed by atoms with Crippen molar-refractivity contribution in [1.29, 1.82) is 0 Å². The largest absolute Gasteiger partial charge is 0.463 e. The van der Waals surface area contributed by atoms with Crippen molar-refractivity contribution < 1.29 is 4.42 Å². The summed E-state index contributed by atoms with van der Waals surface area (Å²) in [6, 6.07) is 22.2. The number of nitrogens with zero attached hydrogens (tertiary/aromatic N) is 2. The van der Waals surface area contributed by atoms with Crippen LogP contribution in [-0.4, -0.2) is 5.71 Å². The van der Waals surface area contributed by atoms with Gasteiger partial charge in [0, 0.05) is 11.4 Å². The summed E-state index contributed by atoms with van der Waals surface area (Å²) in [7, 11) is 0. The van der Waals surface area contributed by atoms with Crippen LogP contribution in [0.1, 0.15) is 23.8 Å². The van der Waals surface area contributed by atoms with Crippen molar-refractivity contribution in [3.8, 4) is 0 Å². The molecule has 1 aliphatic heterocycles. The summed E-state index contributed by atoms with van der Waals surface area (Å²) in [6.45, 7) is 0. The first-order chi connectivity index (χ1) is 11.3. The Morgan fingerprint density at radius 3 is 2.43 bits per heavy atom. The molecule has 0 N–H and O–H groups in total. The van der Waals surface area contributed by atoms with E-state index in [2.05, 4.69) is 24.3 Å². The van der Waals surface area contributed by atoms with Gasteiger partial charge in [0.05, 0.1) is 18.0 Å². The molecule has 0 bridgehead atoms. The minimum Gasteiger partial charge on any atom is -0.463 e. The van der Waals surface area contributed by atoms with Crippen LogP contribution in [0.2, 0.25) is 5.02 Å². The summed E-state index contributed by atoms with van der Waals surface area (Å²) in [4.78, 5) is 0. The highest BCUT2D eigenvalue weighted by Gasteiger charge is 2.30. The van der Waals surface area contributed by atoms with Gasteiger partial charge in [0.1, 0.15) is 11.5 Å². The maximum absolute atomic E-state index is 6.01. The van der Waals surface area contributed by atoms with E-state index in [9.17, 15) is 0 Å². The van der Waals surface area contributed by atoms with Crippen LogP contribution in [0.5, 0.6) is 0 Å². The number of rotatable bonds is 3. The number of benzene rings is 2. The van der Waals surface area contributed by atoms with Crippen molar-refractivity contribution in [1.82, 2.24) is 0 Å². The molecule has 1 atom stereocenters. The van der Waals surface area contributed by atoms with E-state index in [0.29, 0.717) is 0 Å². The van der Waals surface area contributed by atoms with Crippen molar-refractivity contribution in [2.75, 3.05) is 5.01 Å². The lowest BCUT2D eigenvalue weighted by atomic mass is 10.0. The highest BCUT2D eigenvalue weighted by atomic mass is 35.5. The summed E-state index contributed by atoms with van der Waals surface area (Å²) in [5.74, 6) is 0.822. The summed E-state index contributed by atoms with van der Waals surface area (Å²) in [5.41, 5.74) is 3.20. The molecule has 3 aromatic rings. The Kier molecular flexibility index (Phi) is 3.64. The summed E-state index contributed by atoms with van der Waals surface area (Å²) in [6.07, 6.45) is 2.49.